The van der Waals surface area contributed by atoms with Crippen molar-refractivity contribution >= 4 is 11.7 Å². The van der Waals surface area contributed by atoms with Crippen LogP contribution in [0.2, 0.25) is 0 Å². The molecule has 0 saturated heterocycles. The molecule has 0 aliphatic heterocycles. The van der Waals surface area contributed by atoms with Gasteiger partial charge in [-0.05, 0) is 61.7 Å². The highest BCUT2D eigenvalue weighted by molar-refractivity contribution is 5.89. The number of hydrogen-bond acceptors (Lipinski definition) is 2. The molecule has 2 N–H and O–H groups in total. The molecule has 2 amide bonds. The van der Waals surface area contributed by atoms with Crippen LogP contribution in [0.5, 0.6) is 5.75 Å². The minimum atomic E-state index is -0.277. The molecular weight excluding hydrogens is 295 g/mol. The molecule has 0 heterocycles. The molecule has 0 fully saturated rings. The van der Waals surface area contributed by atoms with Crippen LogP contribution in [0.4, 0.5) is 14.9 Å². The number of rotatable bonds is 7. The fourth-order valence-electron chi connectivity index (χ4n) is 2.05. The number of nitrogens with one attached hydrogen (secondary N) is 2. The Morgan fingerprint density at radius 3 is 2.65 bits per heavy atom. The average molecular weight is 316 g/mol. The fraction of sp³-hybridized carbons (Fsp3) is 0.278. The largest absolute Gasteiger partial charge is 0.494 e. The number of amides is 2. The number of unbranched alkanes of at least 4 members (excludes halogenated alkanes) is 1. The molecule has 0 bridgehead atoms. The Bertz CT molecular complexity index is 629. The summed E-state index contributed by atoms with van der Waals surface area (Å²) in [5.74, 6) is 0.373. The van der Waals surface area contributed by atoms with Crippen molar-refractivity contribution in [2.45, 2.75) is 19.8 Å². The van der Waals surface area contributed by atoms with Crippen molar-refractivity contribution < 1.29 is 13.9 Å². The van der Waals surface area contributed by atoms with Crippen LogP contribution in [-0.4, -0.2) is 19.2 Å². The Balaban J connectivity index is 1.56. The first kappa shape index (κ1) is 16.8. The summed E-state index contributed by atoms with van der Waals surface area (Å²) in [7, 11) is 0. The van der Waals surface area contributed by atoms with Gasteiger partial charge in [-0.3, -0.25) is 0 Å². The summed E-state index contributed by atoms with van der Waals surface area (Å²) in [4.78, 5) is 11.7. The van der Waals surface area contributed by atoms with E-state index in [9.17, 15) is 9.18 Å². The highest BCUT2D eigenvalue weighted by Gasteiger charge is 2.01. The third kappa shape index (κ3) is 6.38. The molecule has 2 aromatic carbocycles. The van der Waals surface area contributed by atoms with E-state index in [2.05, 4.69) is 10.6 Å². The second-order valence-corrected chi connectivity index (χ2v) is 5.26. The first-order valence-corrected chi connectivity index (χ1v) is 7.63. The summed E-state index contributed by atoms with van der Waals surface area (Å²) in [6.45, 7) is 3.08. The summed E-state index contributed by atoms with van der Waals surface area (Å²) in [5.41, 5.74) is 1.88. The first-order valence-electron chi connectivity index (χ1n) is 7.63. The van der Waals surface area contributed by atoms with Crippen molar-refractivity contribution in [1.82, 2.24) is 5.32 Å². The summed E-state index contributed by atoms with van der Waals surface area (Å²) in [6, 6.07) is 13.4. The third-order valence-electron chi connectivity index (χ3n) is 3.21. The minimum absolute atomic E-state index is 0.213. The van der Waals surface area contributed by atoms with E-state index in [1.807, 2.05) is 31.2 Å². The van der Waals surface area contributed by atoms with Gasteiger partial charge in [0, 0.05) is 12.2 Å². The maximum Gasteiger partial charge on any atom is 0.319 e. The van der Waals surface area contributed by atoms with E-state index in [4.69, 9.17) is 4.74 Å². The van der Waals surface area contributed by atoms with E-state index < -0.39 is 0 Å². The summed E-state index contributed by atoms with van der Waals surface area (Å²) < 4.78 is 18.2. The average Bonchev–Trinajstić information content (AvgIpc) is 2.52. The lowest BCUT2D eigenvalue weighted by molar-refractivity contribution is 0.251. The number of halogens is 1. The Morgan fingerprint density at radius 2 is 1.91 bits per heavy atom. The molecule has 122 valence electrons. The van der Waals surface area contributed by atoms with Gasteiger partial charge in [-0.1, -0.05) is 12.1 Å². The van der Waals surface area contributed by atoms with Crippen LogP contribution in [0.15, 0.2) is 48.5 Å². The van der Waals surface area contributed by atoms with E-state index in [0.29, 0.717) is 18.9 Å². The standard InChI is InChI=1S/C18H21FN2O2/c1-14-5-4-6-16(13-14)21-18(22)20-11-2-3-12-23-17-9-7-15(19)8-10-17/h4-10,13H,2-3,11-12H2,1H3,(H2,20,21,22). The minimum Gasteiger partial charge on any atom is -0.494 e. The molecule has 2 rings (SSSR count). The summed E-state index contributed by atoms with van der Waals surface area (Å²) in [5, 5.41) is 5.59. The third-order valence-corrected chi connectivity index (χ3v) is 3.21. The lowest BCUT2D eigenvalue weighted by atomic mass is 10.2. The molecule has 0 spiro atoms. The normalized spacial score (nSPS) is 10.2. The maximum absolute atomic E-state index is 12.7. The molecule has 0 radical (unpaired) electrons. The van der Waals surface area contributed by atoms with Crippen molar-refractivity contribution in [2.75, 3.05) is 18.5 Å². The Labute approximate surface area is 135 Å². The fourth-order valence-corrected chi connectivity index (χ4v) is 2.05. The zero-order chi connectivity index (χ0) is 16.5. The predicted octanol–water partition coefficient (Wildman–Crippen LogP) is 4.11. The van der Waals surface area contributed by atoms with Gasteiger partial charge in [0.1, 0.15) is 11.6 Å². The van der Waals surface area contributed by atoms with Gasteiger partial charge >= 0.3 is 6.03 Å². The van der Waals surface area contributed by atoms with Crippen molar-refractivity contribution in [3.8, 4) is 5.75 Å². The Morgan fingerprint density at radius 1 is 1.13 bits per heavy atom. The van der Waals surface area contributed by atoms with Crippen LogP contribution in [0.25, 0.3) is 0 Å². The van der Waals surface area contributed by atoms with Crippen molar-refractivity contribution in [3.63, 3.8) is 0 Å². The van der Waals surface area contributed by atoms with Gasteiger partial charge in [-0.15, -0.1) is 0 Å². The van der Waals surface area contributed by atoms with E-state index in [0.717, 1.165) is 24.1 Å². The molecule has 23 heavy (non-hydrogen) atoms. The lowest BCUT2D eigenvalue weighted by Gasteiger charge is -2.09. The SMILES string of the molecule is Cc1cccc(NC(=O)NCCCCOc2ccc(F)cc2)c1. The second kappa shape index (κ2) is 8.78. The molecule has 0 aliphatic rings. The maximum atomic E-state index is 12.7. The number of urea groups is 1. The topological polar surface area (TPSA) is 50.4 Å². The highest BCUT2D eigenvalue weighted by atomic mass is 19.1. The van der Waals surface area contributed by atoms with Crippen LogP contribution in [0.3, 0.4) is 0 Å². The van der Waals surface area contributed by atoms with Gasteiger partial charge in [0.2, 0.25) is 0 Å². The van der Waals surface area contributed by atoms with Crippen LogP contribution in [-0.2, 0) is 0 Å². The zero-order valence-electron chi connectivity index (χ0n) is 13.1. The second-order valence-electron chi connectivity index (χ2n) is 5.26. The number of hydrogen-bond donors (Lipinski definition) is 2. The van der Waals surface area contributed by atoms with Crippen molar-refractivity contribution in [2.24, 2.45) is 0 Å². The molecule has 5 heteroatoms. The quantitative estimate of drug-likeness (QED) is 0.755. The van der Waals surface area contributed by atoms with Gasteiger partial charge in [0.25, 0.3) is 0 Å². The number of aryl methyl sites for hydroxylation is 1. The number of carbonyl (C=O) groups is 1. The van der Waals surface area contributed by atoms with Gasteiger partial charge < -0.3 is 15.4 Å². The molecular formula is C18H21FN2O2. The molecule has 0 atom stereocenters. The zero-order valence-corrected chi connectivity index (χ0v) is 13.1. The van der Waals surface area contributed by atoms with Gasteiger partial charge in [-0.25, -0.2) is 9.18 Å². The van der Waals surface area contributed by atoms with Crippen molar-refractivity contribution in [1.29, 1.82) is 0 Å². The van der Waals surface area contributed by atoms with E-state index in [-0.39, 0.29) is 11.8 Å². The number of carbonyl (C=O) groups excluding carboxylic acids is 1. The molecule has 0 unspecified atom stereocenters. The Kier molecular flexibility index (Phi) is 6.41. The lowest BCUT2D eigenvalue weighted by Crippen LogP contribution is -2.29. The van der Waals surface area contributed by atoms with E-state index in [1.165, 1.54) is 12.1 Å². The van der Waals surface area contributed by atoms with Crippen LogP contribution in [0, 0.1) is 12.7 Å². The Hall–Kier alpha value is -2.56. The smallest absolute Gasteiger partial charge is 0.319 e. The highest BCUT2D eigenvalue weighted by Crippen LogP contribution is 2.11. The number of anilines is 1. The monoisotopic (exact) mass is 316 g/mol. The molecule has 0 aliphatic carbocycles. The van der Waals surface area contributed by atoms with Crippen LogP contribution in [0.1, 0.15) is 18.4 Å². The molecule has 0 aromatic heterocycles. The van der Waals surface area contributed by atoms with Gasteiger partial charge in [0.05, 0.1) is 6.61 Å². The van der Waals surface area contributed by atoms with Crippen molar-refractivity contribution in [3.05, 3.63) is 59.9 Å². The van der Waals surface area contributed by atoms with E-state index >= 15 is 0 Å². The van der Waals surface area contributed by atoms with Gasteiger partial charge in [-0.2, -0.15) is 0 Å². The summed E-state index contributed by atoms with van der Waals surface area (Å²) in [6.07, 6.45) is 1.62. The molecule has 2 aromatic rings. The van der Waals surface area contributed by atoms with Crippen LogP contribution >= 0.6 is 0 Å². The molecule has 0 saturated carbocycles. The summed E-state index contributed by atoms with van der Waals surface area (Å²) >= 11 is 0. The first-order chi connectivity index (χ1) is 11.1. The molecule has 4 nitrogen and oxygen atoms in total. The van der Waals surface area contributed by atoms with Crippen LogP contribution < -0.4 is 15.4 Å². The predicted molar refractivity (Wildman–Crippen MR) is 89.3 cm³/mol. The van der Waals surface area contributed by atoms with Gasteiger partial charge in [0.15, 0.2) is 0 Å². The number of benzene rings is 2. The number of ether oxygens (including phenoxy) is 1. The van der Waals surface area contributed by atoms with E-state index in [1.54, 1.807) is 12.1 Å².